The summed E-state index contributed by atoms with van der Waals surface area (Å²) in [4.78, 5) is 15.8. The van der Waals surface area contributed by atoms with E-state index in [1.54, 1.807) is 17.5 Å². The Kier molecular flexibility index (Phi) is 4.94. The molecule has 2 rings (SSSR count). The normalized spacial score (nSPS) is 20.1. The third kappa shape index (κ3) is 4.44. The van der Waals surface area contributed by atoms with Crippen molar-refractivity contribution in [3.63, 3.8) is 0 Å². The summed E-state index contributed by atoms with van der Waals surface area (Å²) in [5.74, 6) is 0.820. The topological polar surface area (TPSA) is 54.0 Å². The van der Waals surface area contributed by atoms with Crippen LogP contribution in [0.1, 0.15) is 30.7 Å². The predicted octanol–water partition coefficient (Wildman–Crippen LogP) is 1.54. The predicted molar refractivity (Wildman–Crippen MR) is 68.8 cm³/mol. The third-order valence-corrected chi connectivity index (χ3v) is 3.88. The summed E-state index contributed by atoms with van der Waals surface area (Å²) in [5.41, 5.74) is 0. The minimum atomic E-state index is 0.144. The number of carbonyl (C=O) groups excluding carboxylic acids is 1. The van der Waals surface area contributed by atoms with Crippen molar-refractivity contribution in [1.29, 1.82) is 0 Å². The molecule has 1 aromatic rings. The van der Waals surface area contributed by atoms with E-state index in [4.69, 9.17) is 0 Å². The number of rotatable bonds is 5. The molecule has 0 radical (unpaired) electrons. The first-order chi connectivity index (χ1) is 8.34. The van der Waals surface area contributed by atoms with Crippen LogP contribution in [0.4, 0.5) is 0 Å². The van der Waals surface area contributed by atoms with Crippen molar-refractivity contribution < 1.29 is 4.79 Å². The molecule has 1 unspecified atom stereocenters. The van der Waals surface area contributed by atoms with Crippen molar-refractivity contribution in [3.05, 3.63) is 16.6 Å². The highest BCUT2D eigenvalue weighted by Crippen LogP contribution is 2.15. The van der Waals surface area contributed by atoms with Gasteiger partial charge in [0, 0.05) is 18.0 Å². The first kappa shape index (κ1) is 12.5. The molecule has 1 saturated heterocycles. The van der Waals surface area contributed by atoms with Gasteiger partial charge in [0.2, 0.25) is 5.91 Å². The molecule has 1 aliphatic heterocycles. The highest BCUT2D eigenvalue weighted by atomic mass is 32.1. The van der Waals surface area contributed by atoms with Gasteiger partial charge in [0.25, 0.3) is 0 Å². The lowest BCUT2D eigenvalue weighted by Crippen LogP contribution is -2.31. The van der Waals surface area contributed by atoms with Gasteiger partial charge < -0.3 is 10.6 Å². The average Bonchev–Trinajstić information content (AvgIpc) is 2.88. The van der Waals surface area contributed by atoms with Crippen LogP contribution in [0, 0.1) is 5.92 Å². The number of carbonyl (C=O) groups is 1. The maximum atomic E-state index is 11.6. The van der Waals surface area contributed by atoms with Crippen LogP contribution in [0.15, 0.2) is 11.6 Å². The van der Waals surface area contributed by atoms with Crippen LogP contribution in [0.3, 0.4) is 0 Å². The highest BCUT2D eigenvalue weighted by molar-refractivity contribution is 7.09. The summed E-state index contributed by atoms with van der Waals surface area (Å²) in [6, 6.07) is 0. The van der Waals surface area contributed by atoms with Gasteiger partial charge in [-0.15, -0.1) is 11.3 Å². The molecule has 1 fully saturated rings. The molecule has 1 atom stereocenters. The lowest BCUT2D eigenvalue weighted by atomic mass is 9.94. The van der Waals surface area contributed by atoms with E-state index in [1.807, 2.05) is 5.38 Å². The van der Waals surface area contributed by atoms with E-state index in [1.165, 1.54) is 12.8 Å². The van der Waals surface area contributed by atoms with Crippen molar-refractivity contribution >= 4 is 17.2 Å². The SMILES string of the molecule is O=C(CCC1CCCNC1)NCc1nccs1. The maximum Gasteiger partial charge on any atom is 0.220 e. The van der Waals surface area contributed by atoms with Crippen LogP contribution in [0.5, 0.6) is 0 Å². The Bertz CT molecular complexity index is 334. The van der Waals surface area contributed by atoms with Gasteiger partial charge in [0.05, 0.1) is 6.54 Å². The fourth-order valence-electron chi connectivity index (χ4n) is 2.11. The summed E-state index contributed by atoms with van der Waals surface area (Å²) in [5, 5.41) is 9.18. The molecule has 2 N–H and O–H groups in total. The molecule has 0 aromatic carbocycles. The molecule has 0 saturated carbocycles. The Morgan fingerprint density at radius 3 is 3.29 bits per heavy atom. The first-order valence-corrected chi connectivity index (χ1v) is 7.08. The fraction of sp³-hybridized carbons (Fsp3) is 0.667. The molecule has 5 heteroatoms. The molecule has 17 heavy (non-hydrogen) atoms. The lowest BCUT2D eigenvalue weighted by Gasteiger charge is -2.22. The van der Waals surface area contributed by atoms with Crippen LogP contribution in [0.25, 0.3) is 0 Å². The van der Waals surface area contributed by atoms with Crippen molar-refractivity contribution in [2.75, 3.05) is 13.1 Å². The third-order valence-electron chi connectivity index (χ3n) is 3.10. The summed E-state index contributed by atoms with van der Waals surface area (Å²) in [7, 11) is 0. The summed E-state index contributed by atoms with van der Waals surface area (Å²) >= 11 is 1.58. The molecule has 1 aromatic heterocycles. The van der Waals surface area contributed by atoms with Crippen LogP contribution in [-0.2, 0) is 11.3 Å². The number of hydrogen-bond donors (Lipinski definition) is 2. The molecule has 0 bridgehead atoms. The lowest BCUT2D eigenvalue weighted by molar-refractivity contribution is -0.121. The monoisotopic (exact) mass is 253 g/mol. The second-order valence-electron chi connectivity index (χ2n) is 4.45. The van der Waals surface area contributed by atoms with E-state index in [0.29, 0.717) is 18.9 Å². The Balaban J connectivity index is 1.60. The van der Waals surface area contributed by atoms with E-state index in [2.05, 4.69) is 15.6 Å². The largest absolute Gasteiger partial charge is 0.350 e. The molecule has 4 nitrogen and oxygen atoms in total. The highest BCUT2D eigenvalue weighted by Gasteiger charge is 2.14. The fourth-order valence-corrected chi connectivity index (χ4v) is 2.66. The van der Waals surface area contributed by atoms with Crippen molar-refractivity contribution in [3.8, 4) is 0 Å². The molecule has 2 heterocycles. The van der Waals surface area contributed by atoms with Crippen LogP contribution in [-0.4, -0.2) is 24.0 Å². The number of thiazole rings is 1. The van der Waals surface area contributed by atoms with Gasteiger partial charge in [0.1, 0.15) is 5.01 Å². The van der Waals surface area contributed by atoms with Gasteiger partial charge in [-0.05, 0) is 38.3 Å². The molecule has 0 aliphatic carbocycles. The number of amides is 1. The minimum absolute atomic E-state index is 0.144. The molecular weight excluding hydrogens is 234 g/mol. The molecule has 1 amide bonds. The van der Waals surface area contributed by atoms with Crippen LogP contribution >= 0.6 is 11.3 Å². The molecule has 0 spiro atoms. The summed E-state index contributed by atoms with van der Waals surface area (Å²) in [6.07, 6.45) is 5.90. The summed E-state index contributed by atoms with van der Waals surface area (Å²) < 4.78 is 0. The number of aromatic nitrogens is 1. The zero-order valence-corrected chi connectivity index (χ0v) is 10.8. The van der Waals surface area contributed by atoms with Gasteiger partial charge in [-0.1, -0.05) is 0 Å². The zero-order valence-electron chi connectivity index (χ0n) is 9.95. The van der Waals surface area contributed by atoms with Crippen molar-refractivity contribution in [1.82, 2.24) is 15.6 Å². The Labute approximate surface area is 106 Å². The standard InChI is InChI=1S/C12H19N3OS/c16-11(15-9-12-14-6-7-17-12)4-3-10-2-1-5-13-8-10/h6-7,10,13H,1-5,8-9H2,(H,15,16). The van der Waals surface area contributed by atoms with Crippen LogP contribution in [0.2, 0.25) is 0 Å². The van der Waals surface area contributed by atoms with E-state index in [9.17, 15) is 4.79 Å². The van der Waals surface area contributed by atoms with Gasteiger partial charge in [-0.3, -0.25) is 4.79 Å². The van der Waals surface area contributed by atoms with E-state index in [0.717, 1.165) is 24.5 Å². The second-order valence-corrected chi connectivity index (χ2v) is 5.43. The zero-order chi connectivity index (χ0) is 11.9. The molecular formula is C12H19N3OS. The van der Waals surface area contributed by atoms with E-state index < -0.39 is 0 Å². The Morgan fingerprint density at radius 2 is 2.59 bits per heavy atom. The first-order valence-electron chi connectivity index (χ1n) is 6.20. The van der Waals surface area contributed by atoms with E-state index in [-0.39, 0.29) is 5.91 Å². The number of hydrogen-bond acceptors (Lipinski definition) is 4. The smallest absolute Gasteiger partial charge is 0.220 e. The van der Waals surface area contributed by atoms with Gasteiger partial charge >= 0.3 is 0 Å². The van der Waals surface area contributed by atoms with Crippen molar-refractivity contribution in [2.24, 2.45) is 5.92 Å². The molecule has 1 aliphatic rings. The van der Waals surface area contributed by atoms with Crippen molar-refractivity contribution in [2.45, 2.75) is 32.2 Å². The number of nitrogens with one attached hydrogen (secondary N) is 2. The maximum absolute atomic E-state index is 11.6. The Hall–Kier alpha value is -0.940. The van der Waals surface area contributed by atoms with Gasteiger partial charge in [-0.25, -0.2) is 4.98 Å². The van der Waals surface area contributed by atoms with E-state index >= 15 is 0 Å². The Morgan fingerprint density at radius 1 is 1.65 bits per heavy atom. The number of nitrogens with zero attached hydrogens (tertiary/aromatic N) is 1. The molecule has 94 valence electrons. The van der Waals surface area contributed by atoms with Crippen LogP contribution < -0.4 is 10.6 Å². The van der Waals surface area contributed by atoms with Gasteiger partial charge in [0.15, 0.2) is 0 Å². The van der Waals surface area contributed by atoms with Gasteiger partial charge in [-0.2, -0.15) is 0 Å². The number of piperidine rings is 1. The summed E-state index contributed by atoms with van der Waals surface area (Å²) in [6.45, 7) is 2.77. The minimum Gasteiger partial charge on any atom is -0.350 e. The second kappa shape index (κ2) is 6.71. The average molecular weight is 253 g/mol. The quantitative estimate of drug-likeness (QED) is 0.837.